The third-order valence-electron chi connectivity index (χ3n) is 4.38. The minimum atomic E-state index is -4.27. The van der Waals surface area contributed by atoms with E-state index in [1.807, 2.05) is 24.3 Å². The molecule has 11 heteroatoms. The highest BCUT2D eigenvalue weighted by molar-refractivity contribution is 7.87. The van der Waals surface area contributed by atoms with Gasteiger partial charge in [-0.15, -0.1) is 11.3 Å². The maximum Gasteiger partial charge on any atom is 0.339 e. The topological polar surface area (TPSA) is 128 Å². The Kier molecular flexibility index (Phi) is 5.84. The highest BCUT2D eigenvalue weighted by Gasteiger charge is 2.20. The number of para-hydroxylation sites is 1. The second-order valence-corrected chi connectivity index (χ2v) is 9.24. The van der Waals surface area contributed by atoms with Crippen LogP contribution in [0.3, 0.4) is 0 Å². The van der Waals surface area contributed by atoms with E-state index in [1.165, 1.54) is 53.8 Å². The zero-order chi connectivity index (χ0) is 22.7. The van der Waals surface area contributed by atoms with E-state index in [0.717, 1.165) is 21.3 Å². The van der Waals surface area contributed by atoms with Gasteiger partial charge in [-0.05, 0) is 42.5 Å². The molecule has 0 aliphatic heterocycles. The Morgan fingerprint density at radius 2 is 1.81 bits per heavy atom. The number of fused-ring (bicyclic) bond motifs is 1. The van der Waals surface area contributed by atoms with E-state index in [9.17, 15) is 23.3 Å². The smallest absolute Gasteiger partial charge is 0.339 e. The second-order valence-electron chi connectivity index (χ2n) is 6.57. The van der Waals surface area contributed by atoms with Crippen LogP contribution in [0.1, 0.15) is 15.4 Å². The number of amides is 1. The number of aromatic nitrogens is 1. The van der Waals surface area contributed by atoms with Crippen LogP contribution < -0.4 is 9.50 Å². The molecule has 0 saturated carbocycles. The fourth-order valence-electron chi connectivity index (χ4n) is 2.84. The average Bonchev–Trinajstić information content (AvgIpc) is 3.21. The lowest BCUT2D eigenvalue weighted by molar-refractivity contribution is -0.385. The van der Waals surface area contributed by atoms with Crippen molar-refractivity contribution < 1.29 is 22.3 Å². The maximum absolute atomic E-state index is 12.4. The zero-order valence-corrected chi connectivity index (χ0v) is 17.9. The Morgan fingerprint density at radius 3 is 2.53 bits per heavy atom. The van der Waals surface area contributed by atoms with E-state index >= 15 is 0 Å². The van der Waals surface area contributed by atoms with Crippen LogP contribution in [0.15, 0.2) is 77.7 Å². The van der Waals surface area contributed by atoms with Crippen LogP contribution in [0.4, 0.5) is 5.69 Å². The number of nitrogens with one attached hydrogen (secondary N) is 1. The minimum absolute atomic E-state index is 0.0285. The number of hydrogen-bond donors (Lipinski definition) is 1. The predicted octanol–water partition coefficient (Wildman–Crippen LogP) is 3.90. The molecule has 1 heterocycles. The number of carbonyl (C=O) groups is 1. The van der Waals surface area contributed by atoms with Crippen molar-refractivity contribution in [1.82, 2.24) is 10.3 Å². The molecule has 3 aromatic carbocycles. The largest absolute Gasteiger partial charge is 0.379 e. The molecule has 0 spiro atoms. The van der Waals surface area contributed by atoms with Crippen LogP contribution in [0.5, 0.6) is 5.75 Å². The van der Waals surface area contributed by atoms with E-state index in [0.29, 0.717) is 5.56 Å². The summed E-state index contributed by atoms with van der Waals surface area (Å²) in [6, 6.07) is 17.7. The molecular weight excluding hydrogens is 454 g/mol. The molecule has 0 unspecified atom stereocenters. The van der Waals surface area contributed by atoms with Gasteiger partial charge in [-0.25, -0.2) is 4.98 Å². The van der Waals surface area contributed by atoms with Crippen molar-refractivity contribution in [2.75, 3.05) is 0 Å². The summed E-state index contributed by atoms with van der Waals surface area (Å²) in [5, 5.41) is 14.4. The van der Waals surface area contributed by atoms with Gasteiger partial charge < -0.3 is 9.50 Å². The number of thiazole rings is 1. The van der Waals surface area contributed by atoms with Crippen LogP contribution in [0.25, 0.3) is 10.2 Å². The van der Waals surface area contributed by atoms with Crippen LogP contribution in [-0.4, -0.2) is 24.2 Å². The molecule has 1 N–H and O–H groups in total. The van der Waals surface area contributed by atoms with Crippen LogP contribution in [0, 0.1) is 10.1 Å². The van der Waals surface area contributed by atoms with Crippen molar-refractivity contribution in [2.24, 2.45) is 0 Å². The van der Waals surface area contributed by atoms with E-state index in [4.69, 9.17) is 4.18 Å². The molecule has 0 aliphatic rings. The molecule has 1 aromatic heterocycles. The average molecular weight is 470 g/mol. The van der Waals surface area contributed by atoms with Crippen molar-refractivity contribution in [3.8, 4) is 5.75 Å². The Morgan fingerprint density at radius 1 is 1.06 bits per heavy atom. The molecule has 9 nitrogen and oxygen atoms in total. The number of nitro groups is 1. The summed E-state index contributed by atoms with van der Waals surface area (Å²) in [5.74, 6) is -0.378. The second kappa shape index (κ2) is 8.73. The van der Waals surface area contributed by atoms with Gasteiger partial charge in [0.2, 0.25) is 0 Å². The van der Waals surface area contributed by atoms with E-state index < -0.39 is 15.0 Å². The van der Waals surface area contributed by atoms with Gasteiger partial charge >= 0.3 is 10.1 Å². The Labute approximate surface area is 186 Å². The standard InChI is InChI=1S/C21H15N3O6S2/c25-21(22-13-20-23-18-6-1-2-7-19(18)31-20)14-8-10-16(11-9-14)30-32(28,29)17-5-3-4-15(12-17)24(26)27/h1-12H,13H2,(H,22,25). The molecule has 32 heavy (non-hydrogen) atoms. The summed E-state index contributed by atoms with van der Waals surface area (Å²) >= 11 is 1.49. The third kappa shape index (κ3) is 4.74. The summed E-state index contributed by atoms with van der Waals surface area (Å²) in [6.07, 6.45) is 0. The Balaban J connectivity index is 1.41. The first kappa shape index (κ1) is 21.4. The molecule has 4 aromatic rings. The number of nitrogens with zero attached hydrogens (tertiary/aromatic N) is 2. The first-order valence-electron chi connectivity index (χ1n) is 9.23. The normalized spacial score (nSPS) is 11.2. The number of rotatable bonds is 7. The summed E-state index contributed by atoms with van der Waals surface area (Å²) in [6.45, 7) is 0.262. The quantitative estimate of drug-likeness (QED) is 0.247. The molecule has 0 saturated heterocycles. The summed E-state index contributed by atoms with van der Waals surface area (Å²) < 4.78 is 30.9. The highest BCUT2D eigenvalue weighted by Crippen LogP contribution is 2.23. The molecule has 0 aliphatic carbocycles. The fourth-order valence-corrected chi connectivity index (χ4v) is 4.72. The zero-order valence-electron chi connectivity index (χ0n) is 16.3. The molecule has 0 radical (unpaired) electrons. The van der Waals surface area contributed by atoms with Crippen LogP contribution in [-0.2, 0) is 16.7 Å². The van der Waals surface area contributed by atoms with E-state index in [-0.39, 0.29) is 28.8 Å². The Hall–Kier alpha value is -3.83. The van der Waals surface area contributed by atoms with E-state index in [1.54, 1.807) is 0 Å². The lowest BCUT2D eigenvalue weighted by Gasteiger charge is -2.08. The van der Waals surface area contributed by atoms with Gasteiger partial charge in [-0.2, -0.15) is 8.42 Å². The van der Waals surface area contributed by atoms with Crippen molar-refractivity contribution in [3.63, 3.8) is 0 Å². The number of hydrogen-bond acceptors (Lipinski definition) is 8. The van der Waals surface area contributed by atoms with Gasteiger partial charge in [0.1, 0.15) is 15.7 Å². The summed E-state index contributed by atoms with van der Waals surface area (Å²) in [7, 11) is -4.27. The van der Waals surface area contributed by atoms with Crippen molar-refractivity contribution in [3.05, 3.63) is 93.5 Å². The van der Waals surface area contributed by atoms with Crippen molar-refractivity contribution in [2.45, 2.75) is 11.4 Å². The molecule has 0 fully saturated rings. The first-order chi connectivity index (χ1) is 15.3. The van der Waals surface area contributed by atoms with E-state index in [2.05, 4.69) is 10.3 Å². The SMILES string of the molecule is O=C(NCc1nc2ccccc2s1)c1ccc(OS(=O)(=O)c2cccc([N+](=O)[O-])c2)cc1. The van der Waals surface area contributed by atoms with Gasteiger partial charge in [0.25, 0.3) is 11.6 Å². The van der Waals surface area contributed by atoms with Gasteiger partial charge in [0.15, 0.2) is 0 Å². The van der Waals surface area contributed by atoms with Gasteiger partial charge in [0.05, 0.1) is 21.7 Å². The molecule has 0 atom stereocenters. The monoisotopic (exact) mass is 469 g/mol. The van der Waals surface area contributed by atoms with Crippen molar-refractivity contribution >= 4 is 43.3 Å². The van der Waals surface area contributed by atoms with Gasteiger partial charge in [0, 0.05) is 17.7 Å². The first-order valence-corrected chi connectivity index (χ1v) is 11.5. The number of non-ortho nitro benzene ring substituents is 1. The molecule has 162 valence electrons. The highest BCUT2D eigenvalue weighted by atomic mass is 32.2. The maximum atomic E-state index is 12.4. The number of carbonyl (C=O) groups excluding carboxylic acids is 1. The fraction of sp³-hybridized carbons (Fsp3) is 0.0476. The lowest BCUT2D eigenvalue weighted by atomic mass is 10.2. The van der Waals surface area contributed by atoms with Crippen LogP contribution in [0.2, 0.25) is 0 Å². The molecule has 0 bridgehead atoms. The number of benzene rings is 3. The third-order valence-corrected chi connectivity index (χ3v) is 6.66. The predicted molar refractivity (Wildman–Crippen MR) is 118 cm³/mol. The van der Waals surface area contributed by atoms with Gasteiger partial charge in [-0.3, -0.25) is 14.9 Å². The molecular formula is C21H15N3O6S2. The Bertz CT molecular complexity index is 1380. The molecule has 4 rings (SSSR count). The van der Waals surface area contributed by atoms with Crippen LogP contribution >= 0.6 is 11.3 Å². The summed E-state index contributed by atoms with van der Waals surface area (Å²) in [5.41, 5.74) is 0.814. The van der Waals surface area contributed by atoms with Gasteiger partial charge in [-0.1, -0.05) is 18.2 Å². The lowest BCUT2D eigenvalue weighted by Crippen LogP contribution is -2.22. The number of nitro benzene ring substituents is 1. The molecule has 1 amide bonds. The summed E-state index contributed by atoms with van der Waals surface area (Å²) in [4.78, 5) is 26.7. The minimum Gasteiger partial charge on any atom is -0.379 e. The van der Waals surface area contributed by atoms with Crippen molar-refractivity contribution in [1.29, 1.82) is 0 Å².